The molecule has 0 radical (unpaired) electrons. The summed E-state index contributed by atoms with van der Waals surface area (Å²) in [5.74, 6) is 0. The maximum Gasteiger partial charge on any atom is 0.0180 e. The zero-order valence-electron chi connectivity index (χ0n) is 8.65. The Labute approximate surface area is 99.4 Å². The first-order valence-electron chi connectivity index (χ1n) is 5.36. The standard InChI is InChI=1S/C10H20N2.2ClH/c11-9-6-7-12(8-9)10-4-2-1-3-5-10;;/h9-10H,1-8,11H2;2*1H/t9-;;/m1../s1. The van der Waals surface area contributed by atoms with E-state index in [4.69, 9.17) is 5.73 Å². The molecule has 0 aromatic rings. The van der Waals surface area contributed by atoms with Gasteiger partial charge in [0.2, 0.25) is 0 Å². The minimum atomic E-state index is 0. The van der Waals surface area contributed by atoms with Crippen LogP contribution in [-0.4, -0.2) is 30.1 Å². The van der Waals surface area contributed by atoms with E-state index in [0.29, 0.717) is 6.04 Å². The van der Waals surface area contributed by atoms with Crippen LogP contribution in [0.15, 0.2) is 0 Å². The average molecular weight is 241 g/mol. The molecular formula is C10H22Cl2N2. The van der Waals surface area contributed by atoms with E-state index in [0.717, 1.165) is 12.6 Å². The van der Waals surface area contributed by atoms with Gasteiger partial charge in [0.1, 0.15) is 0 Å². The van der Waals surface area contributed by atoms with E-state index in [2.05, 4.69) is 4.90 Å². The monoisotopic (exact) mass is 240 g/mol. The molecule has 0 spiro atoms. The molecule has 2 nitrogen and oxygen atoms in total. The van der Waals surface area contributed by atoms with E-state index < -0.39 is 0 Å². The number of hydrogen-bond acceptors (Lipinski definition) is 2. The molecule has 0 aromatic heterocycles. The fourth-order valence-corrected chi connectivity index (χ4v) is 2.59. The van der Waals surface area contributed by atoms with Crippen molar-refractivity contribution >= 4 is 24.8 Å². The van der Waals surface area contributed by atoms with Gasteiger partial charge in [0, 0.05) is 25.2 Å². The summed E-state index contributed by atoms with van der Waals surface area (Å²) in [5, 5.41) is 0. The summed E-state index contributed by atoms with van der Waals surface area (Å²) in [4.78, 5) is 2.61. The number of rotatable bonds is 1. The van der Waals surface area contributed by atoms with Crippen LogP contribution in [0.25, 0.3) is 0 Å². The van der Waals surface area contributed by atoms with E-state index in [1.807, 2.05) is 0 Å². The van der Waals surface area contributed by atoms with Crippen LogP contribution in [0.1, 0.15) is 38.5 Å². The normalized spacial score (nSPS) is 29.4. The highest BCUT2D eigenvalue weighted by Gasteiger charge is 2.26. The summed E-state index contributed by atoms with van der Waals surface area (Å²) in [5.41, 5.74) is 5.89. The lowest BCUT2D eigenvalue weighted by Gasteiger charge is -2.30. The largest absolute Gasteiger partial charge is 0.326 e. The van der Waals surface area contributed by atoms with Gasteiger partial charge in [0.25, 0.3) is 0 Å². The summed E-state index contributed by atoms with van der Waals surface area (Å²) >= 11 is 0. The first-order valence-corrected chi connectivity index (χ1v) is 5.36. The van der Waals surface area contributed by atoms with Crippen molar-refractivity contribution in [2.75, 3.05) is 13.1 Å². The van der Waals surface area contributed by atoms with E-state index in [1.165, 1.54) is 45.1 Å². The number of nitrogens with two attached hydrogens (primary N) is 1. The molecule has 1 saturated carbocycles. The quantitative estimate of drug-likeness (QED) is 0.762. The van der Waals surface area contributed by atoms with Crippen LogP contribution < -0.4 is 5.73 Å². The first kappa shape index (κ1) is 14.5. The second kappa shape index (κ2) is 6.89. The van der Waals surface area contributed by atoms with Gasteiger partial charge in [0.05, 0.1) is 0 Å². The molecule has 1 saturated heterocycles. The Morgan fingerprint density at radius 2 is 1.57 bits per heavy atom. The predicted octanol–water partition coefficient (Wildman–Crippen LogP) is 2.20. The van der Waals surface area contributed by atoms with Gasteiger partial charge < -0.3 is 5.73 Å². The molecule has 14 heavy (non-hydrogen) atoms. The maximum atomic E-state index is 5.89. The first-order chi connectivity index (χ1) is 5.86. The average Bonchev–Trinajstić information content (AvgIpc) is 2.54. The number of likely N-dealkylation sites (tertiary alicyclic amines) is 1. The Hall–Kier alpha value is 0.500. The van der Waals surface area contributed by atoms with Gasteiger partial charge in [-0.1, -0.05) is 19.3 Å². The molecule has 2 N–H and O–H groups in total. The van der Waals surface area contributed by atoms with Crippen LogP contribution in [0.3, 0.4) is 0 Å². The summed E-state index contributed by atoms with van der Waals surface area (Å²) < 4.78 is 0. The third-order valence-electron chi connectivity index (χ3n) is 3.35. The van der Waals surface area contributed by atoms with Crippen molar-refractivity contribution in [2.45, 2.75) is 50.6 Å². The highest BCUT2D eigenvalue weighted by atomic mass is 35.5. The number of halogens is 2. The summed E-state index contributed by atoms with van der Waals surface area (Å²) in [6.45, 7) is 2.41. The van der Waals surface area contributed by atoms with E-state index in [9.17, 15) is 0 Å². The molecule has 2 fully saturated rings. The Balaban J connectivity index is 0.000000845. The lowest BCUT2D eigenvalue weighted by atomic mass is 9.94. The van der Waals surface area contributed by atoms with Gasteiger partial charge in [0.15, 0.2) is 0 Å². The number of nitrogens with zero attached hydrogens (tertiary/aromatic N) is 1. The smallest absolute Gasteiger partial charge is 0.0180 e. The van der Waals surface area contributed by atoms with Gasteiger partial charge in [-0.05, 0) is 19.3 Å². The van der Waals surface area contributed by atoms with Crippen LogP contribution in [0.5, 0.6) is 0 Å². The molecule has 1 aliphatic heterocycles. The molecule has 86 valence electrons. The molecular weight excluding hydrogens is 219 g/mol. The van der Waals surface area contributed by atoms with Crippen LogP contribution in [0.2, 0.25) is 0 Å². The summed E-state index contributed by atoms with van der Waals surface area (Å²) in [7, 11) is 0. The Bertz CT molecular complexity index is 146. The van der Waals surface area contributed by atoms with Crippen molar-refractivity contribution in [3.05, 3.63) is 0 Å². The zero-order chi connectivity index (χ0) is 8.39. The second-order valence-electron chi connectivity index (χ2n) is 4.34. The van der Waals surface area contributed by atoms with Gasteiger partial charge in [-0.3, -0.25) is 4.90 Å². The third kappa shape index (κ3) is 3.58. The van der Waals surface area contributed by atoms with Crippen LogP contribution >= 0.6 is 24.8 Å². The molecule has 1 heterocycles. The minimum absolute atomic E-state index is 0. The van der Waals surface area contributed by atoms with Crippen molar-refractivity contribution in [3.8, 4) is 0 Å². The van der Waals surface area contributed by atoms with Crippen molar-refractivity contribution in [2.24, 2.45) is 5.73 Å². The van der Waals surface area contributed by atoms with Gasteiger partial charge in [-0.2, -0.15) is 0 Å². The molecule has 0 aromatic carbocycles. The Morgan fingerprint density at radius 3 is 2.07 bits per heavy atom. The molecule has 0 amide bonds. The minimum Gasteiger partial charge on any atom is -0.326 e. The molecule has 2 aliphatic rings. The van der Waals surface area contributed by atoms with E-state index in [-0.39, 0.29) is 24.8 Å². The molecule has 1 atom stereocenters. The van der Waals surface area contributed by atoms with E-state index >= 15 is 0 Å². The van der Waals surface area contributed by atoms with Crippen molar-refractivity contribution in [3.63, 3.8) is 0 Å². The van der Waals surface area contributed by atoms with Crippen molar-refractivity contribution in [1.82, 2.24) is 4.90 Å². The Kier molecular flexibility index (Phi) is 7.13. The topological polar surface area (TPSA) is 29.3 Å². The van der Waals surface area contributed by atoms with Gasteiger partial charge in [-0.25, -0.2) is 0 Å². The third-order valence-corrected chi connectivity index (χ3v) is 3.35. The zero-order valence-corrected chi connectivity index (χ0v) is 10.3. The molecule has 4 heteroatoms. The van der Waals surface area contributed by atoms with Gasteiger partial charge >= 0.3 is 0 Å². The molecule has 0 bridgehead atoms. The predicted molar refractivity (Wildman–Crippen MR) is 65.5 cm³/mol. The van der Waals surface area contributed by atoms with Gasteiger partial charge in [-0.15, -0.1) is 24.8 Å². The maximum absolute atomic E-state index is 5.89. The van der Waals surface area contributed by atoms with Crippen LogP contribution in [0.4, 0.5) is 0 Å². The highest BCUT2D eigenvalue weighted by Crippen LogP contribution is 2.24. The van der Waals surface area contributed by atoms with E-state index in [1.54, 1.807) is 0 Å². The van der Waals surface area contributed by atoms with Crippen LogP contribution in [-0.2, 0) is 0 Å². The fraction of sp³-hybridized carbons (Fsp3) is 1.00. The molecule has 1 aliphatic carbocycles. The Morgan fingerprint density at radius 1 is 0.929 bits per heavy atom. The van der Waals surface area contributed by atoms with Crippen molar-refractivity contribution < 1.29 is 0 Å². The van der Waals surface area contributed by atoms with Crippen molar-refractivity contribution in [1.29, 1.82) is 0 Å². The number of hydrogen-bond donors (Lipinski definition) is 1. The summed E-state index contributed by atoms with van der Waals surface area (Å²) in [6.07, 6.45) is 8.40. The summed E-state index contributed by atoms with van der Waals surface area (Å²) in [6, 6.07) is 1.35. The lowest BCUT2D eigenvalue weighted by Crippen LogP contribution is -2.36. The second-order valence-corrected chi connectivity index (χ2v) is 4.34. The van der Waals surface area contributed by atoms with Crippen LogP contribution in [0, 0.1) is 0 Å². The SMILES string of the molecule is Cl.Cl.N[C@@H]1CCN(C2CCCCC2)C1. The highest BCUT2D eigenvalue weighted by molar-refractivity contribution is 5.85. The fourth-order valence-electron chi connectivity index (χ4n) is 2.59. The molecule has 2 rings (SSSR count). The molecule has 0 unspecified atom stereocenters. The lowest BCUT2D eigenvalue weighted by molar-refractivity contribution is 0.189.